The van der Waals surface area contributed by atoms with Gasteiger partial charge in [-0.15, -0.1) is 0 Å². The zero-order valence-electron chi connectivity index (χ0n) is 15.5. The summed E-state index contributed by atoms with van der Waals surface area (Å²) < 4.78 is 15.8. The van der Waals surface area contributed by atoms with E-state index in [4.69, 9.17) is 14.2 Å². The molecular weight excluding hydrogens is 330 g/mol. The Morgan fingerprint density at radius 2 is 1.73 bits per heavy atom. The van der Waals surface area contributed by atoms with Crippen LogP contribution in [0.1, 0.15) is 23.5 Å². The Bertz CT molecular complexity index is 757. The lowest BCUT2D eigenvalue weighted by atomic mass is 9.98. The highest BCUT2D eigenvalue weighted by Gasteiger charge is 2.27. The third-order valence-electron chi connectivity index (χ3n) is 4.93. The lowest BCUT2D eigenvalue weighted by Crippen LogP contribution is -2.29. The van der Waals surface area contributed by atoms with E-state index >= 15 is 0 Å². The molecule has 0 N–H and O–H groups in total. The van der Waals surface area contributed by atoms with Crippen LogP contribution in [0.3, 0.4) is 0 Å². The van der Waals surface area contributed by atoms with Gasteiger partial charge in [-0.05, 0) is 41.8 Å². The Morgan fingerprint density at radius 3 is 2.38 bits per heavy atom. The van der Waals surface area contributed by atoms with Gasteiger partial charge in [0.2, 0.25) is 5.91 Å². The van der Waals surface area contributed by atoms with Gasteiger partial charge >= 0.3 is 0 Å². The summed E-state index contributed by atoms with van der Waals surface area (Å²) in [6.07, 6.45) is 1.36. The van der Waals surface area contributed by atoms with E-state index in [0.29, 0.717) is 23.8 Å². The second-order valence-electron chi connectivity index (χ2n) is 6.46. The highest BCUT2D eigenvalue weighted by molar-refractivity contribution is 5.79. The maximum absolute atomic E-state index is 12.7. The SMILES string of the molecule is COc1ccc(C2CCN(C(=O)Cc3ccc(OC)c(OC)c3)C2)cc1. The molecule has 1 unspecified atom stereocenters. The topological polar surface area (TPSA) is 48.0 Å². The number of amides is 1. The summed E-state index contributed by atoms with van der Waals surface area (Å²) in [5.41, 5.74) is 2.19. The number of carbonyl (C=O) groups is 1. The molecule has 1 heterocycles. The van der Waals surface area contributed by atoms with Crippen molar-refractivity contribution in [2.45, 2.75) is 18.8 Å². The van der Waals surface area contributed by atoms with Crippen LogP contribution in [-0.2, 0) is 11.2 Å². The first kappa shape index (κ1) is 18.1. The number of benzene rings is 2. The van der Waals surface area contributed by atoms with Gasteiger partial charge in [0.15, 0.2) is 11.5 Å². The highest BCUT2D eigenvalue weighted by atomic mass is 16.5. The van der Waals surface area contributed by atoms with E-state index in [1.807, 2.05) is 35.2 Å². The fraction of sp³-hybridized carbons (Fsp3) is 0.381. The van der Waals surface area contributed by atoms with Crippen molar-refractivity contribution >= 4 is 5.91 Å². The Hall–Kier alpha value is -2.69. The average Bonchev–Trinajstić information content (AvgIpc) is 3.18. The van der Waals surface area contributed by atoms with E-state index in [1.165, 1.54) is 5.56 Å². The molecule has 0 bridgehead atoms. The van der Waals surface area contributed by atoms with E-state index in [9.17, 15) is 4.79 Å². The first-order valence-corrected chi connectivity index (χ1v) is 8.77. The zero-order valence-corrected chi connectivity index (χ0v) is 15.5. The van der Waals surface area contributed by atoms with Gasteiger partial charge in [0.1, 0.15) is 5.75 Å². The van der Waals surface area contributed by atoms with Crippen LogP contribution in [0.2, 0.25) is 0 Å². The summed E-state index contributed by atoms with van der Waals surface area (Å²) in [7, 11) is 4.87. The molecule has 0 radical (unpaired) electrons. The molecule has 1 amide bonds. The maximum atomic E-state index is 12.7. The minimum absolute atomic E-state index is 0.147. The van der Waals surface area contributed by atoms with Gasteiger partial charge in [0, 0.05) is 19.0 Å². The number of hydrogen-bond donors (Lipinski definition) is 0. The van der Waals surface area contributed by atoms with Crippen molar-refractivity contribution in [3.8, 4) is 17.2 Å². The molecule has 5 nitrogen and oxygen atoms in total. The summed E-state index contributed by atoms with van der Waals surface area (Å²) in [6.45, 7) is 1.56. The standard InChI is InChI=1S/C21H25NO4/c1-24-18-7-5-16(6-8-18)17-10-11-22(14-17)21(23)13-15-4-9-19(25-2)20(12-15)26-3/h4-9,12,17H,10-11,13-14H2,1-3H3. The Labute approximate surface area is 154 Å². The van der Waals surface area contributed by atoms with E-state index in [1.54, 1.807) is 21.3 Å². The molecule has 1 fully saturated rings. The van der Waals surface area contributed by atoms with Crippen LogP contribution in [-0.4, -0.2) is 45.2 Å². The number of ether oxygens (including phenoxy) is 3. The fourth-order valence-electron chi connectivity index (χ4n) is 3.41. The molecule has 2 aromatic carbocycles. The molecule has 26 heavy (non-hydrogen) atoms. The predicted molar refractivity (Wildman–Crippen MR) is 100 cm³/mol. The molecule has 138 valence electrons. The monoisotopic (exact) mass is 355 g/mol. The molecule has 0 saturated carbocycles. The molecular formula is C21H25NO4. The summed E-state index contributed by atoms with van der Waals surface area (Å²) in [5, 5.41) is 0. The van der Waals surface area contributed by atoms with Crippen molar-refractivity contribution in [1.82, 2.24) is 4.90 Å². The molecule has 0 aromatic heterocycles. The van der Waals surface area contributed by atoms with E-state index in [-0.39, 0.29) is 5.91 Å². The second kappa shape index (κ2) is 8.13. The smallest absolute Gasteiger partial charge is 0.227 e. The summed E-state index contributed by atoms with van der Waals surface area (Å²) in [6, 6.07) is 13.8. The van der Waals surface area contributed by atoms with Crippen molar-refractivity contribution in [2.75, 3.05) is 34.4 Å². The van der Waals surface area contributed by atoms with Crippen LogP contribution in [0.25, 0.3) is 0 Å². The van der Waals surface area contributed by atoms with Gasteiger partial charge in [-0.3, -0.25) is 4.79 Å². The van der Waals surface area contributed by atoms with E-state index < -0.39 is 0 Å². The van der Waals surface area contributed by atoms with Crippen LogP contribution in [0.5, 0.6) is 17.2 Å². The molecule has 2 aromatic rings. The molecule has 1 aliphatic heterocycles. The zero-order chi connectivity index (χ0) is 18.5. The highest BCUT2D eigenvalue weighted by Crippen LogP contribution is 2.30. The van der Waals surface area contributed by atoms with Gasteiger partial charge in [-0.25, -0.2) is 0 Å². The second-order valence-corrected chi connectivity index (χ2v) is 6.46. The maximum Gasteiger partial charge on any atom is 0.227 e. The lowest BCUT2D eigenvalue weighted by molar-refractivity contribution is -0.129. The van der Waals surface area contributed by atoms with Crippen molar-refractivity contribution < 1.29 is 19.0 Å². The average molecular weight is 355 g/mol. The Kier molecular flexibility index (Phi) is 5.66. The van der Waals surface area contributed by atoms with Crippen molar-refractivity contribution in [2.24, 2.45) is 0 Å². The first-order valence-electron chi connectivity index (χ1n) is 8.77. The quantitative estimate of drug-likeness (QED) is 0.798. The third kappa shape index (κ3) is 3.93. The van der Waals surface area contributed by atoms with Crippen LogP contribution >= 0.6 is 0 Å². The summed E-state index contributed by atoms with van der Waals surface area (Å²) in [4.78, 5) is 14.6. The number of likely N-dealkylation sites (tertiary alicyclic amines) is 1. The van der Waals surface area contributed by atoms with Gasteiger partial charge < -0.3 is 19.1 Å². The molecule has 0 aliphatic carbocycles. The molecule has 1 atom stereocenters. The van der Waals surface area contributed by atoms with Crippen molar-refractivity contribution in [3.05, 3.63) is 53.6 Å². The summed E-state index contributed by atoms with van der Waals surface area (Å²) in [5.74, 6) is 2.70. The van der Waals surface area contributed by atoms with Crippen molar-refractivity contribution in [1.29, 1.82) is 0 Å². The fourth-order valence-corrected chi connectivity index (χ4v) is 3.41. The molecule has 3 rings (SSSR count). The molecule has 5 heteroatoms. The molecule has 1 aliphatic rings. The number of rotatable bonds is 6. The van der Waals surface area contributed by atoms with Crippen LogP contribution in [0.4, 0.5) is 0 Å². The van der Waals surface area contributed by atoms with Crippen molar-refractivity contribution in [3.63, 3.8) is 0 Å². The Balaban J connectivity index is 1.62. The Morgan fingerprint density at radius 1 is 1.00 bits per heavy atom. The van der Waals surface area contributed by atoms with Crippen LogP contribution in [0, 0.1) is 0 Å². The van der Waals surface area contributed by atoms with Gasteiger partial charge in [-0.1, -0.05) is 18.2 Å². The van der Waals surface area contributed by atoms with Gasteiger partial charge in [-0.2, -0.15) is 0 Å². The van der Waals surface area contributed by atoms with Gasteiger partial charge in [0.25, 0.3) is 0 Å². The van der Waals surface area contributed by atoms with Crippen LogP contribution < -0.4 is 14.2 Å². The number of nitrogens with zero attached hydrogens (tertiary/aromatic N) is 1. The molecule has 1 saturated heterocycles. The number of methoxy groups -OCH3 is 3. The number of hydrogen-bond acceptors (Lipinski definition) is 4. The first-order chi connectivity index (χ1) is 12.6. The predicted octanol–water partition coefficient (Wildman–Crippen LogP) is 3.27. The normalized spacial score (nSPS) is 16.4. The van der Waals surface area contributed by atoms with E-state index in [2.05, 4.69) is 12.1 Å². The number of carbonyl (C=O) groups excluding carboxylic acids is 1. The lowest BCUT2D eigenvalue weighted by Gasteiger charge is -2.17. The summed E-state index contributed by atoms with van der Waals surface area (Å²) >= 11 is 0. The minimum Gasteiger partial charge on any atom is -0.497 e. The van der Waals surface area contributed by atoms with E-state index in [0.717, 1.165) is 30.8 Å². The third-order valence-corrected chi connectivity index (χ3v) is 4.93. The molecule has 0 spiro atoms. The van der Waals surface area contributed by atoms with Crippen LogP contribution in [0.15, 0.2) is 42.5 Å². The minimum atomic E-state index is 0.147. The van der Waals surface area contributed by atoms with Gasteiger partial charge in [0.05, 0.1) is 27.8 Å². The largest absolute Gasteiger partial charge is 0.497 e.